The average Bonchev–Trinajstić information content (AvgIpc) is 3.06. The minimum absolute atomic E-state index is 0.550. The summed E-state index contributed by atoms with van der Waals surface area (Å²) in [6.45, 7) is 3.58. The number of nitrogens with one attached hydrogen (secondary N) is 1. The molecule has 0 fully saturated rings. The van der Waals surface area contributed by atoms with Crippen LogP contribution >= 0.6 is 12.2 Å². The maximum Gasteiger partial charge on any atom is 0.217 e. The molecule has 0 bridgehead atoms. The van der Waals surface area contributed by atoms with E-state index >= 15 is 0 Å². The number of hydrogen-bond acceptors (Lipinski definition) is 5. The molecule has 6 nitrogen and oxygen atoms in total. The summed E-state index contributed by atoms with van der Waals surface area (Å²) >= 11 is 5.42. The van der Waals surface area contributed by atoms with E-state index in [4.69, 9.17) is 21.7 Å². The van der Waals surface area contributed by atoms with Crippen LogP contribution in [0, 0.1) is 11.7 Å². The van der Waals surface area contributed by atoms with Gasteiger partial charge < -0.3 is 9.47 Å². The van der Waals surface area contributed by atoms with Gasteiger partial charge in [0.15, 0.2) is 17.3 Å². The third-order valence-corrected chi connectivity index (χ3v) is 4.93. The van der Waals surface area contributed by atoms with E-state index < -0.39 is 0 Å². The van der Waals surface area contributed by atoms with E-state index in [1.54, 1.807) is 14.2 Å². The minimum atomic E-state index is 0.550. The molecule has 0 saturated heterocycles. The first kappa shape index (κ1) is 20.1. The number of rotatable bonds is 8. The van der Waals surface area contributed by atoms with Crippen LogP contribution in [-0.2, 0) is 13.1 Å². The van der Waals surface area contributed by atoms with Crippen LogP contribution in [0.15, 0.2) is 42.5 Å². The van der Waals surface area contributed by atoms with Crippen molar-refractivity contribution >= 4 is 12.2 Å². The van der Waals surface area contributed by atoms with E-state index in [0.29, 0.717) is 11.4 Å². The number of nitrogens with zero attached hydrogens (tertiary/aromatic N) is 3. The zero-order chi connectivity index (χ0) is 20.1. The topological polar surface area (TPSA) is 55.3 Å². The van der Waals surface area contributed by atoms with Gasteiger partial charge in [-0.1, -0.05) is 35.9 Å². The molecule has 28 heavy (non-hydrogen) atoms. The van der Waals surface area contributed by atoms with Crippen LogP contribution in [0.4, 0.5) is 0 Å². The fourth-order valence-electron chi connectivity index (χ4n) is 2.96. The van der Waals surface area contributed by atoms with Crippen molar-refractivity contribution in [2.45, 2.75) is 20.0 Å². The lowest BCUT2D eigenvalue weighted by Gasteiger charge is -2.17. The standard InChI is InChI=1S/C21H26N4O2S/c1-15-5-8-17(9-6-15)20-22-21(28)25(23-20)14-24(2)12-11-16-7-10-18(26-3)19(13-16)27-4/h5-10,13H,11-12,14H2,1-4H3,(H,22,23,28). The highest BCUT2D eigenvalue weighted by Gasteiger charge is 2.09. The molecule has 1 N–H and O–H groups in total. The molecule has 0 spiro atoms. The Morgan fingerprint density at radius 2 is 1.79 bits per heavy atom. The molecule has 2 aromatic carbocycles. The molecule has 0 unspecified atom stereocenters. The minimum Gasteiger partial charge on any atom is -0.493 e. The Hall–Kier alpha value is -2.64. The van der Waals surface area contributed by atoms with E-state index in [0.717, 1.165) is 35.9 Å². The molecule has 0 saturated carbocycles. The van der Waals surface area contributed by atoms with Gasteiger partial charge >= 0.3 is 0 Å². The molecule has 0 aliphatic rings. The van der Waals surface area contributed by atoms with Gasteiger partial charge in [-0.15, -0.1) is 0 Å². The number of hydrogen-bond donors (Lipinski definition) is 1. The molecule has 7 heteroatoms. The highest BCUT2D eigenvalue weighted by Crippen LogP contribution is 2.27. The van der Waals surface area contributed by atoms with Gasteiger partial charge in [0, 0.05) is 12.1 Å². The fraction of sp³-hybridized carbons (Fsp3) is 0.333. The van der Waals surface area contributed by atoms with Crippen molar-refractivity contribution in [3.8, 4) is 22.9 Å². The van der Waals surface area contributed by atoms with Gasteiger partial charge in [0.25, 0.3) is 0 Å². The summed E-state index contributed by atoms with van der Waals surface area (Å²) in [5.74, 6) is 2.28. The number of benzene rings is 2. The van der Waals surface area contributed by atoms with E-state index in [2.05, 4.69) is 47.2 Å². The van der Waals surface area contributed by atoms with Crippen molar-refractivity contribution in [1.82, 2.24) is 19.7 Å². The highest BCUT2D eigenvalue weighted by atomic mass is 32.1. The first-order valence-corrected chi connectivity index (χ1v) is 9.54. The van der Waals surface area contributed by atoms with E-state index in [9.17, 15) is 0 Å². The fourth-order valence-corrected chi connectivity index (χ4v) is 3.16. The van der Waals surface area contributed by atoms with Gasteiger partial charge in [0.05, 0.1) is 20.9 Å². The summed E-state index contributed by atoms with van der Waals surface area (Å²) in [4.78, 5) is 6.69. The molecular formula is C21H26N4O2S. The first-order valence-electron chi connectivity index (χ1n) is 9.13. The second-order valence-corrected chi connectivity index (χ2v) is 7.17. The number of ether oxygens (including phenoxy) is 2. The first-order chi connectivity index (χ1) is 13.5. The lowest BCUT2D eigenvalue weighted by atomic mass is 10.1. The molecule has 0 aliphatic heterocycles. The monoisotopic (exact) mass is 398 g/mol. The molecule has 3 rings (SSSR count). The average molecular weight is 399 g/mol. The Bertz CT molecular complexity index is 979. The van der Waals surface area contributed by atoms with Crippen LogP contribution in [-0.4, -0.2) is 47.5 Å². The maximum atomic E-state index is 5.42. The number of aromatic nitrogens is 3. The van der Waals surface area contributed by atoms with Crippen LogP contribution in [0.1, 0.15) is 11.1 Å². The maximum absolute atomic E-state index is 5.42. The zero-order valence-corrected chi connectivity index (χ0v) is 17.5. The Morgan fingerprint density at radius 1 is 1.07 bits per heavy atom. The molecule has 1 heterocycles. The Balaban J connectivity index is 1.63. The van der Waals surface area contributed by atoms with Crippen molar-refractivity contribution in [1.29, 1.82) is 0 Å². The quantitative estimate of drug-likeness (QED) is 0.580. The summed E-state index contributed by atoms with van der Waals surface area (Å²) in [5, 5.41) is 3.30. The van der Waals surface area contributed by atoms with Gasteiger partial charge in [-0.2, -0.15) is 4.98 Å². The van der Waals surface area contributed by atoms with E-state index in [-0.39, 0.29) is 0 Å². The number of methoxy groups -OCH3 is 2. The van der Waals surface area contributed by atoms with Crippen molar-refractivity contribution in [2.24, 2.45) is 0 Å². The zero-order valence-electron chi connectivity index (χ0n) is 16.7. The van der Waals surface area contributed by atoms with Gasteiger partial charge in [0.1, 0.15) is 0 Å². The van der Waals surface area contributed by atoms with Crippen LogP contribution in [0.3, 0.4) is 0 Å². The number of likely N-dealkylation sites (N-methyl/N-ethyl adjacent to an activating group) is 1. The normalized spacial score (nSPS) is 11.0. The summed E-state index contributed by atoms with van der Waals surface area (Å²) in [5.41, 5.74) is 3.44. The molecule has 0 aliphatic carbocycles. The Kier molecular flexibility index (Phi) is 6.49. The summed E-state index contributed by atoms with van der Waals surface area (Å²) in [6.07, 6.45) is 0.892. The lowest BCUT2D eigenvalue weighted by Crippen LogP contribution is -2.25. The SMILES string of the molecule is COc1ccc(CCN(C)Cn2[nH]c(-c3ccc(C)cc3)nc2=S)cc1OC. The van der Waals surface area contributed by atoms with E-state index in [1.165, 1.54) is 11.1 Å². The third kappa shape index (κ3) is 4.79. The van der Waals surface area contributed by atoms with E-state index in [1.807, 2.05) is 28.9 Å². The Labute approximate surface area is 170 Å². The Morgan fingerprint density at radius 3 is 2.46 bits per heavy atom. The molecule has 3 aromatic rings. The summed E-state index contributed by atoms with van der Waals surface area (Å²) in [7, 11) is 5.36. The van der Waals surface area contributed by atoms with Crippen LogP contribution in [0.25, 0.3) is 11.4 Å². The molecule has 0 radical (unpaired) electrons. The van der Waals surface area contributed by atoms with Crippen LogP contribution < -0.4 is 9.47 Å². The number of aromatic amines is 1. The molecule has 148 valence electrons. The molecule has 1 aromatic heterocycles. The second-order valence-electron chi connectivity index (χ2n) is 6.81. The largest absolute Gasteiger partial charge is 0.493 e. The van der Waals surface area contributed by atoms with Gasteiger partial charge in [-0.05, 0) is 50.3 Å². The highest BCUT2D eigenvalue weighted by molar-refractivity contribution is 7.71. The summed E-state index contributed by atoms with van der Waals surface area (Å²) in [6, 6.07) is 14.3. The third-order valence-electron chi connectivity index (χ3n) is 4.62. The van der Waals surface area contributed by atoms with Crippen molar-refractivity contribution < 1.29 is 9.47 Å². The predicted molar refractivity (Wildman–Crippen MR) is 113 cm³/mol. The number of H-pyrrole nitrogens is 1. The number of aryl methyl sites for hydroxylation is 1. The van der Waals surface area contributed by atoms with Crippen LogP contribution in [0.5, 0.6) is 11.5 Å². The smallest absolute Gasteiger partial charge is 0.217 e. The molecular weight excluding hydrogens is 372 g/mol. The van der Waals surface area contributed by atoms with Crippen molar-refractivity contribution in [3.05, 3.63) is 58.4 Å². The lowest BCUT2D eigenvalue weighted by molar-refractivity contribution is 0.255. The van der Waals surface area contributed by atoms with Crippen LogP contribution in [0.2, 0.25) is 0 Å². The molecule has 0 atom stereocenters. The van der Waals surface area contributed by atoms with Crippen molar-refractivity contribution in [2.75, 3.05) is 27.8 Å². The van der Waals surface area contributed by atoms with Gasteiger partial charge in [0.2, 0.25) is 4.77 Å². The molecule has 0 amide bonds. The second kappa shape index (κ2) is 9.03. The van der Waals surface area contributed by atoms with Crippen molar-refractivity contribution in [3.63, 3.8) is 0 Å². The summed E-state index contributed by atoms with van der Waals surface area (Å²) < 4.78 is 13.1. The van der Waals surface area contributed by atoms with Gasteiger partial charge in [-0.25, -0.2) is 4.68 Å². The van der Waals surface area contributed by atoms with Gasteiger partial charge in [-0.3, -0.25) is 10.00 Å². The predicted octanol–water partition coefficient (Wildman–Crippen LogP) is 4.07.